The fraction of sp³-hybridized carbons (Fsp3) is 1.00. The molecule has 0 amide bonds. The molecule has 0 aromatic rings. The van der Waals surface area contributed by atoms with E-state index in [4.69, 9.17) is 4.74 Å². The van der Waals surface area contributed by atoms with Gasteiger partial charge in [0.2, 0.25) is 0 Å². The standard InChI is InChI=1S/C15H31NO/c1-4-9-15(17-6-3)14(16-5-2)12-13-10-7-8-11-13/h13-16H,4-12H2,1-3H3. The predicted molar refractivity (Wildman–Crippen MR) is 74.4 cm³/mol. The molecule has 1 aliphatic rings. The Morgan fingerprint density at radius 3 is 2.41 bits per heavy atom. The number of nitrogens with one attached hydrogen (secondary N) is 1. The summed E-state index contributed by atoms with van der Waals surface area (Å²) in [5.41, 5.74) is 0. The summed E-state index contributed by atoms with van der Waals surface area (Å²) in [5, 5.41) is 3.65. The Bertz CT molecular complexity index is 172. The Kier molecular flexibility index (Phi) is 7.87. The van der Waals surface area contributed by atoms with E-state index >= 15 is 0 Å². The molecular weight excluding hydrogens is 210 g/mol. The van der Waals surface area contributed by atoms with Gasteiger partial charge in [0.1, 0.15) is 0 Å². The third-order valence-corrected chi connectivity index (χ3v) is 3.93. The summed E-state index contributed by atoms with van der Waals surface area (Å²) in [5.74, 6) is 0.943. The number of hydrogen-bond acceptors (Lipinski definition) is 2. The lowest BCUT2D eigenvalue weighted by atomic mass is 9.93. The highest BCUT2D eigenvalue weighted by molar-refractivity contribution is 4.81. The fourth-order valence-corrected chi connectivity index (χ4v) is 3.13. The molecule has 0 heterocycles. The lowest BCUT2D eigenvalue weighted by Gasteiger charge is -2.29. The molecule has 0 radical (unpaired) electrons. The minimum Gasteiger partial charge on any atom is -0.377 e. The van der Waals surface area contributed by atoms with E-state index in [-0.39, 0.29) is 0 Å². The van der Waals surface area contributed by atoms with E-state index < -0.39 is 0 Å². The summed E-state index contributed by atoms with van der Waals surface area (Å²) >= 11 is 0. The van der Waals surface area contributed by atoms with Crippen LogP contribution in [-0.2, 0) is 4.74 Å². The molecule has 0 aromatic carbocycles. The second-order valence-electron chi connectivity index (χ2n) is 5.33. The molecule has 0 saturated heterocycles. The zero-order chi connectivity index (χ0) is 12.5. The third kappa shape index (κ3) is 5.39. The van der Waals surface area contributed by atoms with Crippen LogP contribution in [-0.4, -0.2) is 25.3 Å². The van der Waals surface area contributed by atoms with Gasteiger partial charge in [-0.3, -0.25) is 0 Å². The Balaban J connectivity index is 2.46. The first-order valence-electron chi connectivity index (χ1n) is 7.66. The first-order chi connectivity index (χ1) is 8.31. The monoisotopic (exact) mass is 241 g/mol. The summed E-state index contributed by atoms with van der Waals surface area (Å²) < 4.78 is 5.94. The van der Waals surface area contributed by atoms with Gasteiger partial charge >= 0.3 is 0 Å². The average molecular weight is 241 g/mol. The second kappa shape index (κ2) is 8.93. The topological polar surface area (TPSA) is 21.3 Å². The van der Waals surface area contributed by atoms with Crippen molar-refractivity contribution < 1.29 is 4.74 Å². The van der Waals surface area contributed by atoms with Crippen molar-refractivity contribution in [3.05, 3.63) is 0 Å². The van der Waals surface area contributed by atoms with Crippen LogP contribution >= 0.6 is 0 Å². The van der Waals surface area contributed by atoms with E-state index in [2.05, 4.69) is 26.1 Å². The Morgan fingerprint density at radius 1 is 1.18 bits per heavy atom. The maximum atomic E-state index is 5.94. The molecule has 0 spiro atoms. The Hall–Kier alpha value is -0.0800. The number of ether oxygens (including phenoxy) is 1. The molecule has 0 aromatic heterocycles. The summed E-state index contributed by atoms with van der Waals surface area (Å²) in [6.07, 6.45) is 9.91. The molecule has 0 aliphatic heterocycles. The van der Waals surface area contributed by atoms with Crippen LogP contribution in [0.15, 0.2) is 0 Å². The van der Waals surface area contributed by atoms with Gasteiger partial charge < -0.3 is 10.1 Å². The zero-order valence-electron chi connectivity index (χ0n) is 12.0. The van der Waals surface area contributed by atoms with Crippen LogP contribution in [0, 0.1) is 5.92 Å². The van der Waals surface area contributed by atoms with Crippen molar-refractivity contribution in [3.63, 3.8) is 0 Å². The number of rotatable bonds is 9. The SMILES string of the molecule is CCCC(OCC)C(CC1CCCC1)NCC. The highest BCUT2D eigenvalue weighted by Crippen LogP contribution is 2.30. The van der Waals surface area contributed by atoms with Crippen LogP contribution in [0.5, 0.6) is 0 Å². The summed E-state index contributed by atoms with van der Waals surface area (Å²) in [4.78, 5) is 0. The van der Waals surface area contributed by atoms with Gasteiger partial charge in [-0.05, 0) is 32.2 Å². The van der Waals surface area contributed by atoms with E-state index in [1.165, 1.54) is 44.9 Å². The molecule has 1 fully saturated rings. The van der Waals surface area contributed by atoms with Crippen LogP contribution in [0.1, 0.15) is 65.7 Å². The van der Waals surface area contributed by atoms with Crippen LogP contribution in [0.3, 0.4) is 0 Å². The van der Waals surface area contributed by atoms with Crippen molar-refractivity contribution in [3.8, 4) is 0 Å². The van der Waals surface area contributed by atoms with Crippen LogP contribution < -0.4 is 5.32 Å². The smallest absolute Gasteiger partial charge is 0.0727 e. The molecule has 2 unspecified atom stereocenters. The van der Waals surface area contributed by atoms with Gasteiger partial charge in [0.15, 0.2) is 0 Å². The lowest BCUT2D eigenvalue weighted by Crippen LogP contribution is -2.42. The first kappa shape index (κ1) is 15.0. The first-order valence-corrected chi connectivity index (χ1v) is 7.66. The maximum Gasteiger partial charge on any atom is 0.0727 e. The van der Waals surface area contributed by atoms with E-state index in [1.807, 2.05) is 0 Å². The summed E-state index contributed by atoms with van der Waals surface area (Å²) in [7, 11) is 0. The fourth-order valence-electron chi connectivity index (χ4n) is 3.13. The molecule has 2 atom stereocenters. The van der Waals surface area contributed by atoms with Gasteiger partial charge in [-0.1, -0.05) is 46.0 Å². The van der Waals surface area contributed by atoms with Crippen LogP contribution in [0.4, 0.5) is 0 Å². The van der Waals surface area contributed by atoms with Crippen LogP contribution in [0.25, 0.3) is 0 Å². The normalized spacial score (nSPS) is 20.6. The highest BCUT2D eigenvalue weighted by Gasteiger charge is 2.25. The Labute approximate surface area is 108 Å². The van der Waals surface area contributed by atoms with Gasteiger partial charge in [-0.15, -0.1) is 0 Å². The van der Waals surface area contributed by atoms with Crippen molar-refractivity contribution in [1.82, 2.24) is 5.32 Å². The molecule has 1 N–H and O–H groups in total. The van der Waals surface area contributed by atoms with E-state index in [0.717, 1.165) is 19.1 Å². The summed E-state index contributed by atoms with van der Waals surface area (Å²) in [6, 6.07) is 0.572. The largest absolute Gasteiger partial charge is 0.377 e. The van der Waals surface area contributed by atoms with Gasteiger partial charge in [0.05, 0.1) is 6.10 Å². The minimum atomic E-state index is 0.422. The quantitative estimate of drug-likeness (QED) is 0.664. The van der Waals surface area contributed by atoms with Gasteiger partial charge in [0.25, 0.3) is 0 Å². The zero-order valence-corrected chi connectivity index (χ0v) is 12.0. The average Bonchev–Trinajstić information content (AvgIpc) is 2.81. The van der Waals surface area contributed by atoms with Crippen molar-refractivity contribution in [2.75, 3.05) is 13.2 Å². The van der Waals surface area contributed by atoms with Crippen LogP contribution in [0.2, 0.25) is 0 Å². The molecule has 2 heteroatoms. The summed E-state index contributed by atoms with van der Waals surface area (Å²) in [6.45, 7) is 8.48. The molecule has 102 valence electrons. The van der Waals surface area contributed by atoms with Gasteiger partial charge in [-0.2, -0.15) is 0 Å². The minimum absolute atomic E-state index is 0.422. The van der Waals surface area contributed by atoms with Crippen molar-refractivity contribution >= 4 is 0 Å². The van der Waals surface area contributed by atoms with E-state index in [9.17, 15) is 0 Å². The van der Waals surface area contributed by atoms with E-state index in [0.29, 0.717) is 12.1 Å². The molecular formula is C15H31NO. The van der Waals surface area contributed by atoms with Gasteiger partial charge in [-0.25, -0.2) is 0 Å². The van der Waals surface area contributed by atoms with E-state index in [1.54, 1.807) is 0 Å². The highest BCUT2D eigenvalue weighted by atomic mass is 16.5. The Morgan fingerprint density at radius 2 is 1.88 bits per heavy atom. The maximum absolute atomic E-state index is 5.94. The van der Waals surface area contributed by atoms with Crippen molar-refractivity contribution in [1.29, 1.82) is 0 Å². The molecule has 1 aliphatic carbocycles. The number of hydrogen-bond donors (Lipinski definition) is 1. The molecule has 1 saturated carbocycles. The molecule has 1 rings (SSSR count). The van der Waals surface area contributed by atoms with Gasteiger partial charge in [0, 0.05) is 12.6 Å². The predicted octanol–water partition coefficient (Wildman–Crippen LogP) is 3.75. The van der Waals surface area contributed by atoms with Crippen molar-refractivity contribution in [2.24, 2.45) is 5.92 Å². The lowest BCUT2D eigenvalue weighted by molar-refractivity contribution is 0.0222. The number of likely N-dealkylation sites (N-methyl/N-ethyl adjacent to an activating group) is 1. The molecule has 0 bridgehead atoms. The third-order valence-electron chi connectivity index (χ3n) is 3.93. The van der Waals surface area contributed by atoms with Crippen molar-refractivity contribution in [2.45, 2.75) is 77.9 Å². The second-order valence-corrected chi connectivity index (χ2v) is 5.33. The molecule has 17 heavy (non-hydrogen) atoms. The molecule has 2 nitrogen and oxygen atoms in total.